The van der Waals surface area contributed by atoms with Gasteiger partial charge in [0.05, 0.1) is 10.2 Å². The number of hydrogen-bond acceptors (Lipinski definition) is 5. The first kappa shape index (κ1) is 17.7. The van der Waals surface area contributed by atoms with Crippen molar-refractivity contribution in [2.75, 3.05) is 5.32 Å². The number of hydrogen-bond donors (Lipinski definition) is 1. The summed E-state index contributed by atoms with van der Waals surface area (Å²) < 4.78 is 6.74. The maximum Gasteiger partial charge on any atom is 0.268 e. The predicted molar refractivity (Wildman–Crippen MR) is 111 cm³/mol. The van der Waals surface area contributed by atoms with E-state index in [0.717, 1.165) is 21.3 Å². The minimum absolute atomic E-state index is 0.0518. The predicted octanol–water partition coefficient (Wildman–Crippen LogP) is 5.41. The number of thiazole rings is 1. The molecule has 6 heteroatoms. The molecule has 4 rings (SSSR count). The van der Waals surface area contributed by atoms with Crippen molar-refractivity contribution in [1.82, 2.24) is 4.98 Å². The second-order valence-corrected chi connectivity index (χ2v) is 7.21. The normalized spacial score (nSPS) is 11.4. The first-order valence-corrected chi connectivity index (χ1v) is 9.39. The summed E-state index contributed by atoms with van der Waals surface area (Å²) in [6, 6.07) is 21.0. The maximum absolute atomic E-state index is 12.5. The van der Waals surface area contributed by atoms with Crippen molar-refractivity contribution in [1.29, 1.82) is 5.26 Å². The lowest BCUT2D eigenvalue weighted by Crippen LogP contribution is -2.13. The zero-order chi connectivity index (χ0) is 19.5. The van der Waals surface area contributed by atoms with Gasteiger partial charge >= 0.3 is 0 Å². The number of amides is 1. The Balaban J connectivity index is 1.54. The topological polar surface area (TPSA) is 78.9 Å². The highest BCUT2D eigenvalue weighted by Crippen LogP contribution is 2.26. The number of benzene rings is 2. The molecule has 1 amide bonds. The highest BCUT2D eigenvalue weighted by molar-refractivity contribution is 7.22. The fourth-order valence-electron chi connectivity index (χ4n) is 2.68. The van der Waals surface area contributed by atoms with Crippen LogP contribution in [-0.4, -0.2) is 10.9 Å². The van der Waals surface area contributed by atoms with E-state index in [4.69, 9.17) is 4.42 Å². The van der Waals surface area contributed by atoms with Crippen molar-refractivity contribution in [2.24, 2.45) is 0 Å². The SMILES string of the molecule is Cc1ccc(-c2ccc(C=C(C#N)C(=O)Nc3nc4ccccc4s3)o2)cc1. The van der Waals surface area contributed by atoms with Crippen molar-refractivity contribution in [2.45, 2.75) is 6.92 Å². The quantitative estimate of drug-likeness (QED) is 0.376. The van der Waals surface area contributed by atoms with E-state index in [9.17, 15) is 10.1 Å². The van der Waals surface area contributed by atoms with Crippen LogP contribution >= 0.6 is 11.3 Å². The zero-order valence-electron chi connectivity index (χ0n) is 15.0. The second-order valence-electron chi connectivity index (χ2n) is 6.18. The van der Waals surface area contributed by atoms with Crippen LogP contribution in [0.3, 0.4) is 0 Å². The Bertz CT molecular complexity index is 1190. The molecule has 1 N–H and O–H groups in total. The summed E-state index contributed by atoms with van der Waals surface area (Å²) in [4.78, 5) is 16.8. The molecule has 0 atom stereocenters. The van der Waals surface area contributed by atoms with Gasteiger partial charge in [0.1, 0.15) is 23.2 Å². The summed E-state index contributed by atoms with van der Waals surface area (Å²) in [5, 5.41) is 12.5. The lowest BCUT2D eigenvalue weighted by molar-refractivity contribution is -0.112. The van der Waals surface area contributed by atoms with Gasteiger partial charge in [-0.25, -0.2) is 4.98 Å². The molecule has 0 saturated carbocycles. The molecule has 0 spiro atoms. The van der Waals surface area contributed by atoms with Gasteiger partial charge in [-0.3, -0.25) is 10.1 Å². The first-order chi connectivity index (χ1) is 13.6. The van der Waals surface area contributed by atoms with Gasteiger partial charge in [0, 0.05) is 11.6 Å². The molecular weight excluding hydrogens is 370 g/mol. The Hall–Kier alpha value is -3.69. The molecular formula is C22H15N3O2S. The van der Waals surface area contributed by atoms with Gasteiger partial charge in [0.25, 0.3) is 5.91 Å². The first-order valence-electron chi connectivity index (χ1n) is 8.58. The monoisotopic (exact) mass is 385 g/mol. The summed E-state index contributed by atoms with van der Waals surface area (Å²) in [7, 11) is 0. The van der Waals surface area contributed by atoms with Crippen LogP contribution in [0.2, 0.25) is 0 Å². The van der Waals surface area contributed by atoms with Gasteiger partial charge < -0.3 is 4.42 Å². The number of carbonyl (C=O) groups is 1. The standard InChI is InChI=1S/C22H15N3O2S/c1-14-6-8-15(9-7-14)19-11-10-17(27-19)12-16(13-23)21(26)25-22-24-18-4-2-3-5-20(18)28-22/h2-12H,1H3,(H,24,25,26). The van der Waals surface area contributed by atoms with Gasteiger partial charge in [-0.2, -0.15) is 5.26 Å². The molecule has 0 aliphatic carbocycles. The highest BCUT2D eigenvalue weighted by Gasteiger charge is 2.14. The van der Waals surface area contributed by atoms with E-state index in [0.29, 0.717) is 16.7 Å². The molecule has 0 saturated heterocycles. The molecule has 136 valence electrons. The van der Waals surface area contributed by atoms with Crippen molar-refractivity contribution in [3.05, 3.63) is 77.6 Å². The minimum Gasteiger partial charge on any atom is -0.457 e. The molecule has 2 heterocycles. The van der Waals surface area contributed by atoms with Crippen LogP contribution < -0.4 is 5.32 Å². The van der Waals surface area contributed by atoms with E-state index < -0.39 is 5.91 Å². The number of furan rings is 1. The number of anilines is 1. The van der Waals surface area contributed by atoms with Crippen LogP contribution in [0, 0.1) is 18.3 Å². The summed E-state index contributed by atoms with van der Waals surface area (Å²) in [6.45, 7) is 2.02. The van der Waals surface area contributed by atoms with E-state index in [1.165, 1.54) is 17.4 Å². The molecule has 2 aromatic heterocycles. The lowest BCUT2D eigenvalue weighted by atomic mass is 10.1. The molecule has 2 aromatic carbocycles. The van der Waals surface area contributed by atoms with Crippen LogP contribution in [0.25, 0.3) is 27.6 Å². The van der Waals surface area contributed by atoms with Crippen molar-refractivity contribution in [3.63, 3.8) is 0 Å². The minimum atomic E-state index is -0.519. The van der Waals surface area contributed by atoms with Crippen molar-refractivity contribution < 1.29 is 9.21 Å². The number of fused-ring (bicyclic) bond motifs is 1. The van der Waals surface area contributed by atoms with Gasteiger partial charge in [-0.1, -0.05) is 53.3 Å². The third-order valence-corrected chi connectivity index (χ3v) is 5.08. The van der Waals surface area contributed by atoms with Crippen molar-refractivity contribution >= 4 is 38.7 Å². The third kappa shape index (κ3) is 3.70. The number of aromatic nitrogens is 1. The number of nitriles is 1. The molecule has 5 nitrogen and oxygen atoms in total. The number of para-hydroxylation sites is 1. The van der Waals surface area contributed by atoms with Gasteiger partial charge in [0.15, 0.2) is 5.13 Å². The van der Waals surface area contributed by atoms with Crippen molar-refractivity contribution in [3.8, 4) is 17.4 Å². The average Bonchev–Trinajstić information content (AvgIpc) is 3.32. The van der Waals surface area contributed by atoms with E-state index in [-0.39, 0.29) is 5.57 Å². The lowest BCUT2D eigenvalue weighted by Gasteiger charge is -1.99. The van der Waals surface area contributed by atoms with Crippen LogP contribution in [0.5, 0.6) is 0 Å². The van der Waals surface area contributed by atoms with Crippen LogP contribution in [0.1, 0.15) is 11.3 Å². The number of nitrogens with zero attached hydrogens (tertiary/aromatic N) is 2. The Labute approximate surface area is 165 Å². The summed E-state index contributed by atoms with van der Waals surface area (Å²) in [5.41, 5.74) is 2.85. The van der Waals surface area contributed by atoms with Gasteiger partial charge in [-0.15, -0.1) is 0 Å². The summed E-state index contributed by atoms with van der Waals surface area (Å²) in [5.74, 6) is 0.594. The molecule has 0 bridgehead atoms. The fourth-order valence-corrected chi connectivity index (χ4v) is 3.55. The Morgan fingerprint density at radius 2 is 1.93 bits per heavy atom. The third-order valence-electron chi connectivity index (χ3n) is 4.13. The Morgan fingerprint density at radius 1 is 1.14 bits per heavy atom. The van der Waals surface area contributed by atoms with E-state index >= 15 is 0 Å². The Kier molecular flexibility index (Phi) is 4.75. The van der Waals surface area contributed by atoms with E-state index in [1.54, 1.807) is 6.07 Å². The average molecular weight is 385 g/mol. The van der Waals surface area contributed by atoms with Crippen LogP contribution in [0.4, 0.5) is 5.13 Å². The van der Waals surface area contributed by atoms with Crippen LogP contribution in [-0.2, 0) is 4.79 Å². The number of nitrogens with one attached hydrogen (secondary N) is 1. The molecule has 0 aliphatic heterocycles. The molecule has 0 fully saturated rings. The molecule has 0 unspecified atom stereocenters. The molecule has 28 heavy (non-hydrogen) atoms. The van der Waals surface area contributed by atoms with Crippen LogP contribution in [0.15, 0.2) is 70.7 Å². The largest absolute Gasteiger partial charge is 0.457 e. The smallest absolute Gasteiger partial charge is 0.268 e. The second kappa shape index (κ2) is 7.51. The maximum atomic E-state index is 12.5. The summed E-state index contributed by atoms with van der Waals surface area (Å²) >= 11 is 1.36. The highest BCUT2D eigenvalue weighted by atomic mass is 32.1. The van der Waals surface area contributed by atoms with Gasteiger partial charge in [-0.05, 0) is 31.2 Å². The number of carbonyl (C=O) groups excluding carboxylic acids is 1. The summed E-state index contributed by atoms with van der Waals surface area (Å²) in [6.07, 6.45) is 1.43. The number of rotatable bonds is 4. The van der Waals surface area contributed by atoms with E-state index in [1.807, 2.05) is 67.6 Å². The van der Waals surface area contributed by atoms with Gasteiger partial charge in [0.2, 0.25) is 0 Å². The molecule has 4 aromatic rings. The number of aryl methyl sites for hydroxylation is 1. The Morgan fingerprint density at radius 3 is 2.68 bits per heavy atom. The fraction of sp³-hybridized carbons (Fsp3) is 0.0455. The molecule has 0 radical (unpaired) electrons. The molecule has 0 aliphatic rings. The van der Waals surface area contributed by atoms with E-state index in [2.05, 4.69) is 10.3 Å². The zero-order valence-corrected chi connectivity index (χ0v) is 15.8.